The summed E-state index contributed by atoms with van der Waals surface area (Å²) in [5, 5.41) is 8.19. The monoisotopic (exact) mass is 289 g/mol. The first-order valence-electron chi connectivity index (χ1n) is 6.79. The van der Waals surface area contributed by atoms with Crippen LogP contribution < -0.4 is 10.6 Å². The summed E-state index contributed by atoms with van der Waals surface area (Å²) >= 11 is 1.57. The highest BCUT2D eigenvalue weighted by molar-refractivity contribution is 7.07. The van der Waals surface area contributed by atoms with Crippen LogP contribution in [0, 0.1) is 0 Å². The quantitative estimate of drug-likeness (QED) is 0.824. The van der Waals surface area contributed by atoms with E-state index in [-0.39, 0.29) is 5.91 Å². The first-order valence-corrected chi connectivity index (χ1v) is 7.73. The predicted octanol–water partition coefficient (Wildman–Crippen LogP) is 2.94. The second kappa shape index (κ2) is 7.65. The van der Waals surface area contributed by atoms with Gasteiger partial charge >= 0.3 is 0 Å². The fourth-order valence-corrected chi connectivity index (χ4v) is 2.37. The SMILES string of the molecule is CCCNc1ccc(C(=O)NCCc2cscn2)cc1. The van der Waals surface area contributed by atoms with E-state index in [0.717, 1.165) is 30.8 Å². The Morgan fingerprint density at radius 2 is 2.05 bits per heavy atom. The molecule has 0 spiro atoms. The number of carbonyl (C=O) groups excluding carboxylic acids is 1. The lowest BCUT2D eigenvalue weighted by Crippen LogP contribution is -2.25. The van der Waals surface area contributed by atoms with E-state index in [1.54, 1.807) is 16.8 Å². The molecule has 2 N–H and O–H groups in total. The van der Waals surface area contributed by atoms with Gasteiger partial charge in [0.1, 0.15) is 0 Å². The number of benzene rings is 1. The van der Waals surface area contributed by atoms with Gasteiger partial charge in [-0.25, -0.2) is 4.98 Å². The Balaban J connectivity index is 1.79. The van der Waals surface area contributed by atoms with E-state index in [4.69, 9.17) is 0 Å². The fraction of sp³-hybridized carbons (Fsp3) is 0.333. The third-order valence-electron chi connectivity index (χ3n) is 2.88. The van der Waals surface area contributed by atoms with Crippen molar-refractivity contribution in [2.24, 2.45) is 0 Å². The third-order valence-corrected chi connectivity index (χ3v) is 3.51. The molecule has 2 aromatic rings. The molecule has 1 heterocycles. The standard InChI is InChI=1S/C15H19N3OS/c1-2-8-16-13-5-3-12(4-6-13)15(19)17-9-7-14-10-20-11-18-14/h3-6,10-11,16H,2,7-9H2,1H3,(H,17,19). The number of hydrogen-bond acceptors (Lipinski definition) is 4. The molecule has 106 valence electrons. The summed E-state index contributed by atoms with van der Waals surface area (Å²) in [5.41, 5.74) is 4.56. The van der Waals surface area contributed by atoms with Crippen molar-refractivity contribution < 1.29 is 4.79 Å². The lowest BCUT2D eigenvalue weighted by atomic mass is 10.2. The van der Waals surface area contributed by atoms with E-state index in [1.807, 2.05) is 29.6 Å². The van der Waals surface area contributed by atoms with Crippen LogP contribution in [0.3, 0.4) is 0 Å². The minimum absolute atomic E-state index is 0.0396. The molecule has 2 rings (SSSR count). The first-order chi connectivity index (χ1) is 9.79. The maximum Gasteiger partial charge on any atom is 0.251 e. The summed E-state index contributed by atoms with van der Waals surface area (Å²) in [7, 11) is 0. The molecule has 0 unspecified atom stereocenters. The average molecular weight is 289 g/mol. The zero-order valence-corrected chi connectivity index (χ0v) is 12.4. The summed E-state index contributed by atoms with van der Waals surface area (Å²) in [6.07, 6.45) is 1.85. The van der Waals surface area contributed by atoms with Crippen molar-refractivity contribution in [1.29, 1.82) is 0 Å². The van der Waals surface area contributed by atoms with Crippen LogP contribution >= 0.6 is 11.3 Å². The van der Waals surface area contributed by atoms with Crippen molar-refractivity contribution in [1.82, 2.24) is 10.3 Å². The molecule has 0 bridgehead atoms. The summed E-state index contributed by atoms with van der Waals surface area (Å²) in [6.45, 7) is 3.68. The van der Waals surface area contributed by atoms with E-state index in [9.17, 15) is 4.79 Å². The molecule has 0 aliphatic carbocycles. The van der Waals surface area contributed by atoms with Crippen LogP contribution in [0.15, 0.2) is 35.2 Å². The molecule has 1 amide bonds. The molecule has 20 heavy (non-hydrogen) atoms. The van der Waals surface area contributed by atoms with Gasteiger partial charge in [0.25, 0.3) is 5.91 Å². The molecule has 1 aromatic carbocycles. The number of aromatic nitrogens is 1. The number of rotatable bonds is 7. The molecule has 0 saturated carbocycles. The van der Waals surface area contributed by atoms with Crippen LogP contribution in [0.4, 0.5) is 5.69 Å². The molecule has 0 radical (unpaired) electrons. The van der Waals surface area contributed by atoms with Gasteiger partial charge in [-0.15, -0.1) is 11.3 Å². The topological polar surface area (TPSA) is 54.0 Å². The van der Waals surface area contributed by atoms with E-state index in [1.165, 1.54) is 0 Å². The fourth-order valence-electron chi connectivity index (χ4n) is 1.78. The average Bonchev–Trinajstić information content (AvgIpc) is 2.99. The van der Waals surface area contributed by atoms with Crippen molar-refractivity contribution in [3.05, 3.63) is 46.4 Å². The van der Waals surface area contributed by atoms with Crippen LogP contribution in [-0.4, -0.2) is 24.0 Å². The van der Waals surface area contributed by atoms with Crippen LogP contribution in [0.5, 0.6) is 0 Å². The molecular weight excluding hydrogens is 270 g/mol. The minimum Gasteiger partial charge on any atom is -0.385 e. The Morgan fingerprint density at radius 3 is 2.70 bits per heavy atom. The number of nitrogens with one attached hydrogen (secondary N) is 2. The van der Waals surface area contributed by atoms with Gasteiger partial charge in [0.2, 0.25) is 0 Å². The van der Waals surface area contributed by atoms with Gasteiger partial charge in [-0.1, -0.05) is 6.92 Å². The number of thiazole rings is 1. The highest BCUT2D eigenvalue weighted by atomic mass is 32.1. The number of anilines is 1. The van der Waals surface area contributed by atoms with Crippen molar-refractivity contribution in [2.45, 2.75) is 19.8 Å². The molecule has 4 nitrogen and oxygen atoms in total. The van der Waals surface area contributed by atoms with Crippen LogP contribution in [0.25, 0.3) is 0 Å². The van der Waals surface area contributed by atoms with Gasteiger partial charge in [-0.3, -0.25) is 4.79 Å². The summed E-state index contributed by atoms with van der Waals surface area (Å²) in [5.74, 6) is -0.0396. The molecule has 0 aliphatic heterocycles. The maximum atomic E-state index is 11.9. The Labute approximate surface area is 123 Å². The summed E-state index contributed by atoms with van der Waals surface area (Å²) in [6, 6.07) is 7.56. The highest BCUT2D eigenvalue weighted by Crippen LogP contribution is 2.09. The highest BCUT2D eigenvalue weighted by Gasteiger charge is 2.05. The lowest BCUT2D eigenvalue weighted by molar-refractivity contribution is 0.0954. The van der Waals surface area contributed by atoms with Crippen LogP contribution in [-0.2, 0) is 6.42 Å². The third kappa shape index (κ3) is 4.35. The normalized spacial score (nSPS) is 10.2. The van der Waals surface area contributed by atoms with Gasteiger partial charge in [-0.2, -0.15) is 0 Å². The molecule has 0 atom stereocenters. The largest absolute Gasteiger partial charge is 0.385 e. The van der Waals surface area contributed by atoms with Gasteiger partial charge in [0.05, 0.1) is 11.2 Å². The second-order valence-corrected chi connectivity index (χ2v) is 5.21. The Hall–Kier alpha value is -1.88. The van der Waals surface area contributed by atoms with E-state index in [0.29, 0.717) is 12.1 Å². The molecule has 5 heteroatoms. The molecule has 0 fully saturated rings. The zero-order valence-electron chi connectivity index (χ0n) is 11.6. The Morgan fingerprint density at radius 1 is 1.25 bits per heavy atom. The first kappa shape index (κ1) is 14.5. The molecular formula is C15H19N3OS. The second-order valence-electron chi connectivity index (χ2n) is 4.49. The summed E-state index contributed by atoms with van der Waals surface area (Å²) in [4.78, 5) is 16.1. The van der Waals surface area contributed by atoms with E-state index < -0.39 is 0 Å². The zero-order chi connectivity index (χ0) is 14.2. The van der Waals surface area contributed by atoms with Gasteiger partial charge in [0.15, 0.2) is 0 Å². The van der Waals surface area contributed by atoms with Crippen molar-refractivity contribution >= 4 is 22.9 Å². The molecule has 0 saturated heterocycles. The molecule has 0 aliphatic rings. The smallest absolute Gasteiger partial charge is 0.251 e. The predicted molar refractivity (Wildman–Crippen MR) is 83.4 cm³/mol. The lowest BCUT2D eigenvalue weighted by Gasteiger charge is -2.07. The van der Waals surface area contributed by atoms with Crippen molar-refractivity contribution in [3.63, 3.8) is 0 Å². The Bertz CT molecular complexity index is 523. The number of carbonyl (C=O) groups is 1. The van der Waals surface area contributed by atoms with Crippen molar-refractivity contribution in [3.8, 4) is 0 Å². The minimum atomic E-state index is -0.0396. The maximum absolute atomic E-state index is 11.9. The number of amides is 1. The number of nitrogens with zero attached hydrogens (tertiary/aromatic N) is 1. The van der Waals surface area contributed by atoms with E-state index >= 15 is 0 Å². The Kier molecular flexibility index (Phi) is 5.55. The van der Waals surface area contributed by atoms with Gasteiger partial charge in [0, 0.05) is 36.1 Å². The van der Waals surface area contributed by atoms with Crippen molar-refractivity contribution in [2.75, 3.05) is 18.4 Å². The van der Waals surface area contributed by atoms with Gasteiger partial charge in [-0.05, 0) is 30.7 Å². The van der Waals surface area contributed by atoms with Crippen LogP contribution in [0.2, 0.25) is 0 Å². The summed E-state index contributed by atoms with van der Waals surface area (Å²) < 4.78 is 0. The van der Waals surface area contributed by atoms with Gasteiger partial charge < -0.3 is 10.6 Å². The van der Waals surface area contributed by atoms with Crippen LogP contribution in [0.1, 0.15) is 29.4 Å². The van der Waals surface area contributed by atoms with E-state index in [2.05, 4.69) is 22.5 Å². The number of hydrogen-bond donors (Lipinski definition) is 2. The molecule has 1 aromatic heterocycles.